The van der Waals surface area contributed by atoms with E-state index in [9.17, 15) is 9.59 Å². The lowest BCUT2D eigenvalue weighted by Gasteiger charge is -2.16. The van der Waals surface area contributed by atoms with Gasteiger partial charge in [-0.25, -0.2) is 0 Å². The molecule has 170 valence electrons. The van der Waals surface area contributed by atoms with Gasteiger partial charge in [0.25, 0.3) is 5.91 Å². The van der Waals surface area contributed by atoms with Crippen LogP contribution in [-0.4, -0.2) is 46.3 Å². The van der Waals surface area contributed by atoms with Gasteiger partial charge in [0.1, 0.15) is 4.83 Å². The number of amides is 2. The van der Waals surface area contributed by atoms with Gasteiger partial charge in [0.2, 0.25) is 5.91 Å². The summed E-state index contributed by atoms with van der Waals surface area (Å²) in [5.74, 6) is -0.442. The average Bonchev–Trinajstić information content (AvgIpc) is 3.36. The number of anilines is 1. The molecule has 9 heteroatoms. The molecular weight excluding hydrogens is 476 g/mol. The van der Waals surface area contributed by atoms with Crippen LogP contribution < -0.4 is 5.32 Å². The van der Waals surface area contributed by atoms with E-state index in [1.807, 2.05) is 72.5 Å². The van der Waals surface area contributed by atoms with Gasteiger partial charge in [-0.1, -0.05) is 41.9 Å². The molecule has 4 aromatic rings. The Labute approximate surface area is 205 Å². The minimum Gasteiger partial charge on any atom is -0.332 e. The molecule has 2 aromatic heterocycles. The molecule has 2 amide bonds. The highest BCUT2D eigenvalue weighted by Crippen LogP contribution is 2.30. The van der Waals surface area contributed by atoms with Crippen LogP contribution >= 0.6 is 34.7 Å². The predicted molar refractivity (Wildman–Crippen MR) is 137 cm³/mol. The third-order valence-electron chi connectivity index (χ3n) is 5.20. The minimum absolute atomic E-state index is 0.0411. The summed E-state index contributed by atoms with van der Waals surface area (Å²) in [6, 6.07) is 17.1. The Hall–Kier alpha value is -2.81. The molecule has 0 spiro atoms. The fourth-order valence-corrected chi connectivity index (χ4v) is 5.43. The molecule has 0 saturated heterocycles. The Kier molecular flexibility index (Phi) is 7.07. The van der Waals surface area contributed by atoms with Crippen LogP contribution in [0.1, 0.15) is 20.9 Å². The number of halogens is 1. The van der Waals surface area contributed by atoms with E-state index >= 15 is 0 Å². The van der Waals surface area contributed by atoms with Gasteiger partial charge in [0.05, 0.1) is 29.3 Å². The maximum Gasteiger partial charge on any atom is 0.264 e. The molecule has 0 unspecified atom stereocenters. The lowest BCUT2D eigenvalue weighted by molar-refractivity contribution is -0.116. The number of fused-ring (bicyclic) bond motifs is 1. The topological polar surface area (TPSA) is 67.2 Å². The first kappa shape index (κ1) is 23.4. The molecule has 0 bridgehead atoms. The predicted octanol–water partition coefficient (Wildman–Crippen LogP) is 5.54. The second kappa shape index (κ2) is 9.99. The number of para-hydroxylation sites is 1. The zero-order valence-electron chi connectivity index (χ0n) is 18.5. The number of hydrogen-bond acceptors (Lipinski definition) is 5. The standard InChI is InChI=1S/C24H23ClN4O2S2/c1-15-17-12-21(33-24(17)29(27-15)13-16-8-4-5-9-18(16)25)23(31)28(2)14-22(30)26-19-10-6-7-11-20(19)32-3/h4-12H,13-14H2,1-3H3,(H,26,30). The highest BCUT2D eigenvalue weighted by molar-refractivity contribution is 7.98. The number of aromatic nitrogens is 2. The molecule has 6 nitrogen and oxygen atoms in total. The Bertz CT molecular complexity index is 1330. The van der Waals surface area contributed by atoms with Crippen LogP contribution in [0.4, 0.5) is 5.69 Å². The summed E-state index contributed by atoms with van der Waals surface area (Å²) in [6.45, 7) is 2.40. The highest BCUT2D eigenvalue weighted by Gasteiger charge is 2.21. The Morgan fingerprint density at radius 3 is 2.67 bits per heavy atom. The lowest BCUT2D eigenvalue weighted by Crippen LogP contribution is -2.34. The van der Waals surface area contributed by atoms with Gasteiger partial charge in [-0.2, -0.15) is 5.10 Å². The van der Waals surface area contributed by atoms with E-state index in [0.29, 0.717) is 16.4 Å². The highest BCUT2D eigenvalue weighted by atomic mass is 35.5. The van der Waals surface area contributed by atoms with E-state index < -0.39 is 0 Å². The molecule has 0 saturated carbocycles. The maximum absolute atomic E-state index is 13.1. The summed E-state index contributed by atoms with van der Waals surface area (Å²) in [4.78, 5) is 29.5. The van der Waals surface area contributed by atoms with E-state index in [2.05, 4.69) is 10.4 Å². The van der Waals surface area contributed by atoms with Crippen molar-refractivity contribution in [3.8, 4) is 0 Å². The average molecular weight is 499 g/mol. The molecule has 33 heavy (non-hydrogen) atoms. The van der Waals surface area contributed by atoms with Crippen LogP contribution in [0.25, 0.3) is 10.2 Å². The van der Waals surface area contributed by atoms with E-state index in [-0.39, 0.29) is 18.4 Å². The zero-order valence-corrected chi connectivity index (χ0v) is 20.9. The van der Waals surface area contributed by atoms with E-state index in [4.69, 9.17) is 11.6 Å². The number of rotatable bonds is 7. The minimum atomic E-state index is -0.241. The smallest absolute Gasteiger partial charge is 0.264 e. The summed E-state index contributed by atoms with van der Waals surface area (Å²) < 4.78 is 1.87. The normalized spacial score (nSPS) is 11.0. The van der Waals surface area contributed by atoms with Crippen molar-refractivity contribution in [2.24, 2.45) is 0 Å². The first-order chi connectivity index (χ1) is 15.9. The largest absolute Gasteiger partial charge is 0.332 e. The number of nitrogens with one attached hydrogen (secondary N) is 1. The van der Waals surface area contributed by atoms with Crippen LogP contribution in [0, 0.1) is 6.92 Å². The van der Waals surface area contributed by atoms with Crippen LogP contribution in [0.2, 0.25) is 5.02 Å². The number of carbonyl (C=O) groups is 2. The summed E-state index contributed by atoms with van der Waals surface area (Å²) in [5.41, 5.74) is 2.55. The zero-order chi connectivity index (χ0) is 23.5. The number of likely N-dealkylation sites (N-methyl/N-ethyl adjacent to an activating group) is 1. The van der Waals surface area contributed by atoms with E-state index in [0.717, 1.165) is 32.1 Å². The fourth-order valence-electron chi connectivity index (χ4n) is 3.53. The molecule has 0 aliphatic carbocycles. The molecule has 0 atom stereocenters. The van der Waals surface area contributed by atoms with Gasteiger partial charge in [0.15, 0.2) is 0 Å². The van der Waals surface area contributed by atoms with Gasteiger partial charge < -0.3 is 10.2 Å². The third kappa shape index (κ3) is 5.08. The molecule has 2 heterocycles. The maximum atomic E-state index is 13.1. The fraction of sp³-hybridized carbons (Fsp3) is 0.208. The number of carbonyl (C=O) groups excluding carboxylic acids is 2. The number of benzene rings is 2. The van der Waals surface area contributed by atoms with Crippen molar-refractivity contribution < 1.29 is 9.59 Å². The second-order valence-corrected chi connectivity index (χ2v) is 9.86. The van der Waals surface area contributed by atoms with Crippen molar-refractivity contribution in [2.45, 2.75) is 18.4 Å². The van der Waals surface area contributed by atoms with Gasteiger partial charge >= 0.3 is 0 Å². The van der Waals surface area contributed by atoms with Gasteiger partial charge in [-0.05, 0) is 43.0 Å². The summed E-state index contributed by atoms with van der Waals surface area (Å²) in [7, 11) is 1.63. The SMILES string of the molecule is CSc1ccccc1NC(=O)CN(C)C(=O)c1cc2c(C)nn(Cc3ccccc3Cl)c2s1. The van der Waals surface area contributed by atoms with Crippen molar-refractivity contribution >= 4 is 62.4 Å². The van der Waals surface area contributed by atoms with Crippen molar-refractivity contribution in [2.75, 3.05) is 25.2 Å². The molecule has 0 fully saturated rings. The Morgan fingerprint density at radius 2 is 1.91 bits per heavy atom. The van der Waals surface area contributed by atoms with Crippen LogP contribution in [0.5, 0.6) is 0 Å². The van der Waals surface area contributed by atoms with Gasteiger partial charge in [-0.15, -0.1) is 23.1 Å². The third-order valence-corrected chi connectivity index (χ3v) is 7.51. The van der Waals surface area contributed by atoms with Crippen LogP contribution in [0.15, 0.2) is 59.5 Å². The molecular formula is C24H23ClN4O2S2. The Morgan fingerprint density at radius 1 is 1.18 bits per heavy atom. The van der Waals surface area contributed by atoms with Crippen molar-refractivity contribution in [1.29, 1.82) is 0 Å². The van der Waals surface area contributed by atoms with E-state index in [1.165, 1.54) is 16.2 Å². The first-order valence-electron chi connectivity index (χ1n) is 10.3. The van der Waals surface area contributed by atoms with Crippen molar-refractivity contribution in [3.05, 3.63) is 75.8 Å². The Balaban J connectivity index is 1.49. The molecule has 0 aliphatic rings. The summed E-state index contributed by atoms with van der Waals surface area (Å²) in [5, 5.41) is 9.13. The monoisotopic (exact) mass is 498 g/mol. The lowest BCUT2D eigenvalue weighted by atomic mass is 10.2. The van der Waals surface area contributed by atoms with Gasteiger partial charge in [-0.3, -0.25) is 14.3 Å². The first-order valence-corrected chi connectivity index (χ1v) is 12.7. The van der Waals surface area contributed by atoms with Gasteiger partial charge in [0, 0.05) is 22.4 Å². The second-order valence-electron chi connectivity index (χ2n) is 7.57. The van der Waals surface area contributed by atoms with Crippen LogP contribution in [-0.2, 0) is 11.3 Å². The summed E-state index contributed by atoms with van der Waals surface area (Å²) in [6.07, 6.45) is 1.96. The molecule has 2 aromatic carbocycles. The molecule has 0 aliphatic heterocycles. The number of thioether (sulfide) groups is 1. The number of aryl methyl sites for hydroxylation is 1. The molecule has 0 radical (unpaired) electrons. The van der Waals surface area contributed by atoms with Crippen molar-refractivity contribution in [1.82, 2.24) is 14.7 Å². The van der Waals surface area contributed by atoms with Crippen molar-refractivity contribution in [3.63, 3.8) is 0 Å². The number of hydrogen-bond donors (Lipinski definition) is 1. The van der Waals surface area contributed by atoms with Crippen LogP contribution in [0.3, 0.4) is 0 Å². The number of thiophene rings is 1. The van der Waals surface area contributed by atoms with E-state index in [1.54, 1.807) is 18.8 Å². The summed E-state index contributed by atoms with van der Waals surface area (Å²) >= 11 is 9.25. The quantitative estimate of drug-likeness (QED) is 0.340. The number of nitrogens with zero attached hydrogens (tertiary/aromatic N) is 3. The molecule has 4 rings (SSSR count). The molecule has 1 N–H and O–H groups in total.